The van der Waals surface area contributed by atoms with Gasteiger partial charge in [-0.1, -0.05) is 13.8 Å². The average molecular weight is 170 g/mol. The Morgan fingerprint density at radius 2 is 1.58 bits per heavy atom. The molecule has 0 saturated carbocycles. The van der Waals surface area contributed by atoms with Gasteiger partial charge in [-0.15, -0.1) is 0 Å². The van der Waals surface area contributed by atoms with Crippen molar-refractivity contribution in [2.45, 2.75) is 39.8 Å². The van der Waals surface area contributed by atoms with Crippen molar-refractivity contribution in [1.29, 1.82) is 0 Å². The first-order chi connectivity index (χ1) is 5.52. The lowest BCUT2D eigenvalue weighted by molar-refractivity contribution is 0.223. The SMILES string of the molecule is CC(N)C(C)N1CC(C)C(C)C1. The number of likely N-dealkylation sites (tertiary alicyclic amines) is 1. The zero-order chi connectivity index (χ0) is 9.30. The van der Waals surface area contributed by atoms with Gasteiger partial charge in [-0.05, 0) is 25.7 Å². The van der Waals surface area contributed by atoms with Crippen molar-refractivity contribution in [3.05, 3.63) is 0 Å². The molecule has 1 saturated heterocycles. The highest BCUT2D eigenvalue weighted by atomic mass is 15.2. The lowest BCUT2D eigenvalue weighted by Crippen LogP contribution is -2.43. The molecule has 0 radical (unpaired) electrons. The molecule has 0 spiro atoms. The maximum absolute atomic E-state index is 5.86. The largest absolute Gasteiger partial charge is 0.327 e. The second-order valence-corrected chi connectivity index (χ2v) is 4.51. The van der Waals surface area contributed by atoms with Gasteiger partial charge in [0.25, 0.3) is 0 Å². The first kappa shape index (κ1) is 10.0. The zero-order valence-corrected chi connectivity index (χ0v) is 8.75. The Kier molecular flexibility index (Phi) is 3.13. The number of rotatable bonds is 2. The molecule has 1 fully saturated rings. The molecule has 1 rings (SSSR count). The molecule has 0 aromatic carbocycles. The molecule has 12 heavy (non-hydrogen) atoms. The number of nitrogens with zero attached hydrogens (tertiary/aromatic N) is 1. The summed E-state index contributed by atoms with van der Waals surface area (Å²) in [5.41, 5.74) is 5.86. The van der Waals surface area contributed by atoms with Crippen molar-refractivity contribution in [1.82, 2.24) is 4.90 Å². The summed E-state index contributed by atoms with van der Waals surface area (Å²) in [5.74, 6) is 1.68. The molecule has 0 aliphatic carbocycles. The van der Waals surface area contributed by atoms with Gasteiger partial charge in [0, 0.05) is 25.2 Å². The average Bonchev–Trinajstić information content (AvgIpc) is 2.30. The summed E-state index contributed by atoms with van der Waals surface area (Å²) in [4.78, 5) is 2.51. The van der Waals surface area contributed by atoms with E-state index >= 15 is 0 Å². The lowest BCUT2D eigenvalue weighted by atomic mass is 10.0. The Hall–Kier alpha value is -0.0800. The highest BCUT2D eigenvalue weighted by Gasteiger charge is 2.29. The summed E-state index contributed by atoms with van der Waals surface area (Å²) in [5, 5.41) is 0. The first-order valence-electron chi connectivity index (χ1n) is 5.02. The first-order valence-corrected chi connectivity index (χ1v) is 5.02. The van der Waals surface area contributed by atoms with Crippen LogP contribution in [-0.4, -0.2) is 30.1 Å². The van der Waals surface area contributed by atoms with Crippen LogP contribution in [0.2, 0.25) is 0 Å². The van der Waals surface area contributed by atoms with E-state index in [1.807, 2.05) is 0 Å². The number of hydrogen-bond acceptors (Lipinski definition) is 2. The van der Waals surface area contributed by atoms with E-state index in [2.05, 4.69) is 32.6 Å². The fourth-order valence-corrected chi connectivity index (χ4v) is 1.84. The summed E-state index contributed by atoms with van der Waals surface area (Å²) >= 11 is 0. The van der Waals surface area contributed by atoms with Crippen LogP contribution in [0.4, 0.5) is 0 Å². The predicted molar refractivity (Wildman–Crippen MR) is 53.0 cm³/mol. The van der Waals surface area contributed by atoms with Crippen LogP contribution >= 0.6 is 0 Å². The van der Waals surface area contributed by atoms with Gasteiger partial charge in [0.15, 0.2) is 0 Å². The molecule has 0 bridgehead atoms. The fourth-order valence-electron chi connectivity index (χ4n) is 1.84. The van der Waals surface area contributed by atoms with Crippen LogP contribution < -0.4 is 5.73 Å². The maximum Gasteiger partial charge on any atom is 0.0216 e. The standard InChI is InChI=1S/C10H22N2/c1-7-5-12(6-8(7)2)10(4)9(3)11/h7-10H,5-6,11H2,1-4H3. The van der Waals surface area contributed by atoms with E-state index in [0.717, 1.165) is 11.8 Å². The van der Waals surface area contributed by atoms with Gasteiger partial charge < -0.3 is 5.73 Å². The van der Waals surface area contributed by atoms with Crippen molar-refractivity contribution in [2.75, 3.05) is 13.1 Å². The zero-order valence-electron chi connectivity index (χ0n) is 8.75. The molecular formula is C10H22N2. The molecule has 0 aromatic rings. The van der Waals surface area contributed by atoms with Crippen LogP contribution in [0.5, 0.6) is 0 Å². The van der Waals surface area contributed by atoms with E-state index in [4.69, 9.17) is 5.73 Å². The summed E-state index contributed by atoms with van der Waals surface area (Å²) in [7, 11) is 0. The van der Waals surface area contributed by atoms with Crippen LogP contribution in [0.1, 0.15) is 27.7 Å². The summed E-state index contributed by atoms with van der Waals surface area (Å²) < 4.78 is 0. The van der Waals surface area contributed by atoms with Crippen molar-refractivity contribution in [3.63, 3.8) is 0 Å². The third-order valence-corrected chi connectivity index (χ3v) is 3.35. The second-order valence-electron chi connectivity index (χ2n) is 4.51. The Morgan fingerprint density at radius 3 is 1.92 bits per heavy atom. The smallest absolute Gasteiger partial charge is 0.0216 e. The fraction of sp³-hybridized carbons (Fsp3) is 1.00. The third-order valence-electron chi connectivity index (χ3n) is 3.35. The molecule has 2 N–H and O–H groups in total. The normalized spacial score (nSPS) is 36.8. The van der Waals surface area contributed by atoms with Crippen LogP contribution in [0.25, 0.3) is 0 Å². The topological polar surface area (TPSA) is 29.3 Å². The molecular weight excluding hydrogens is 148 g/mol. The van der Waals surface area contributed by atoms with Gasteiger partial charge in [0.1, 0.15) is 0 Å². The van der Waals surface area contributed by atoms with E-state index in [0.29, 0.717) is 12.1 Å². The second kappa shape index (κ2) is 3.75. The molecule has 0 aromatic heterocycles. The Morgan fingerprint density at radius 1 is 1.17 bits per heavy atom. The highest BCUT2D eigenvalue weighted by molar-refractivity contribution is 4.84. The maximum atomic E-state index is 5.86. The van der Waals surface area contributed by atoms with Crippen molar-refractivity contribution >= 4 is 0 Å². The molecule has 0 amide bonds. The molecule has 4 unspecified atom stereocenters. The molecule has 1 heterocycles. The quantitative estimate of drug-likeness (QED) is 0.677. The van der Waals surface area contributed by atoms with Crippen molar-refractivity contribution in [3.8, 4) is 0 Å². The van der Waals surface area contributed by atoms with Gasteiger partial charge in [0.05, 0.1) is 0 Å². The van der Waals surface area contributed by atoms with E-state index in [1.165, 1.54) is 13.1 Å². The minimum atomic E-state index is 0.294. The van der Waals surface area contributed by atoms with Crippen LogP contribution in [0.3, 0.4) is 0 Å². The van der Waals surface area contributed by atoms with Crippen LogP contribution in [0, 0.1) is 11.8 Å². The number of nitrogens with two attached hydrogens (primary N) is 1. The van der Waals surface area contributed by atoms with Gasteiger partial charge >= 0.3 is 0 Å². The van der Waals surface area contributed by atoms with Crippen LogP contribution in [0.15, 0.2) is 0 Å². The Labute approximate surface area is 76.1 Å². The van der Waals surface area contributed by atoms with Crippen molar-refractivity contribution in [2.24, 2.45) is 17.6 Å². The minimum Gasteiger partial charge on any atom is -0.327 e. The van der Waals surface area contributed by atoms with Gasteiger partial charge in [0.2, 0.25) is 0 Å². The summed E-state index contributed by atoms with van der Waals surface area (Å²) in [6.45, 7) is 11.4. The van der Waals surface area contributed by atoms with Gasteiger partial charge in [-0.3, -0.25) is 4.90 Å². The Balaban J connectivity index is 2.45. The molecule has 1 aliphatic rings. The molecule has 4 atom stereocenters. The van der Waals surface area contributed by atoms with E-state index in [-0.39, 0.29) is 0 Å². The van der Waals surface area contributed by atoms with E-state index in [9.17, 15) is 0 Å². The molecule has 2 heteroatoms. The number of hydrogen-bond donors (Lipinski definition) is 1. The highest BCUT2D eigenvalue weighted by Crippen LogP contribution is 2.24. The Bertz CT molecular complexity index is 135. The predicted octanol–water partition coefficient (Wildman–Crippen LogP) is 1.31. The molecule has 2 nitrogen and oxygen atoms in total. The minimum absolute atomic E-state index is 0.294. The monoisotopic (exact) mass is 170 g/mol. The summed E-state index contributed by atoms with van der Waals surface area (Å²) in [6.07, 6.45) is 0. The van der Waals surface area contributed by atoms with Crippen molar-refractivity contribution < 1.29 is 0 Å². The third kappa shape index (κ3) is 1.99. The summed E-state index contributed by atoms with van der Waals surface area (Å²) in [6, 6.07) is 0.833. The lowest BCUT2D eigenvalue weighted by Gasteiger charge is -2.27. The van der Waals surface area contributed by atoms with Crippen LogP contribution in [-0.2, 0) is 0 Å². The molecule has 1 aliphatic heterocycles. The van der Waals surface area contributed by atoms with Gasteiger partial charge in [-0.2, -0.15) is 0 Å². The van der Waals surface area contributed by atoms with E-state index in [1.54, 1.807) is 0 Å². The molecule has 72 valence electrons. The van der Waals surface area contributed by atoms with Gasteiger partial charge in [-0.25, -0.2) is 0 Å². The van der Waals surface area contributed by atoms with E-state index < -0.39 is 0 Å².